The maximum Gasteiger partial charge on any atom is 0.180 e. The van der Waals surface area contributed by atoms with Gasteiger partial charge >= 0.3 is 0 Å². The van der Waals surface area contributed by atoms with Crippen molar-refractivity contribution in [3.05, 3.63) is 140 Å². The summed E-state index contributed by atoms with van der Waals surface area (Å²) in [5, 5.41) is 5.48. The maximum atomic E-state index is 6.38. The summed E-state index contributed by atoms with van der Waals surface area (Å²) < 4.78 is 15.0. The van der Waals surface area contributed by atoms with Gasteiger partial charge in [0.05, 0.1) is 11.0 Å². The predicted octanol–water partition coefficient (Wildman–Crippen LogP) is 10.7. The Bertz CT molecular complexity index is 2770. The van der Waals surface area contributed by atoms with Gasteiger partial charge in [0, 0.05) is 38.2 Å². The molecule has 0 amide bonds. The topological polar surface area (TPSA) is 57.0 Å². The Balaban J connectivity index is 1.19. The molecular weight excluding hydrogens is 554 g/mol. The summed E-state index contributed by atoms with van der Waals surface area (Å²) in [6, 6.07) is 46.5. The van der Waals surface area contributed by atoms with Gasteiger partial charge in [0.25, 0.3) is 0 Å². The van der Waals surface area contributed by atoms with Crippen LogP contribution in [0.25, 0.3) is 93.9 Å². The van der Waals surface area contributed by atoms with Crippen molar-refractivity contribution in [3.63, 3.8) is 0 Å². The van der Waals surface area contributed by atoms with Crippen molar-refractivity contribution in [1.82, 2.24) is 14.5 Å². The lowest BCUT2D eigenvalue weighted by atomic mass is 9.98. The monoisotopic (exact) mass is 577 g/mol. The molecule has 6 aromatic carbocycles. The molecule has 0 radical (unpaired) electrons. The predicted molar refractivity (Wildman–Crippen MR) is 182 cm³/mol. The van der Waals surface area contributed by atoms with E-state index in [2.05, 4.69) is 107 Å². The quantitative estimate of drug-likeness (QED) is 0.210. The third kappa shape index (κ3) is 3.49. The molecule has 0 saturated carbocycles. The van der Waals surface area contributed by atoms with Gasteiger partial charge in [-0.3, -0.25) is 0 Å². The van der Waals surface area contributed by atoms with Crippen molar-refractivity contribution in [1.29, 1.82) is 0 Å². The summed E-state index contributed by atoms with van der Waals surface area (Å²) in [6.45, 7) is 0. The zero-order valence-electron chi connectivity index (χ0n) is 23.9. The first-order valence-corrected chi connectivity index (χ1v) is 15.0. The third-order valence-corrected chi connectivity index (χ3v) is 8.93. The zero-order valence-corrected chi connectivity index (χ0v) is 23.9. The lowest BCUT2D eigenvalue weighted by molar-refractivity contribution is 0.667. The van der Waals surface area contributed by atoms with Gasteiger partial charge in [-0.25, -0.2) is 9.97 Å². The molecule has 0 saturated heterocycles. The van der Waals surface area contributed by atoms with Crippen LogP contribution in [-0.2, 0) is 0 Å². The number of para-hydroxylation sites is 3. The summed E-state index contributed by atoms with van der Waals surface area (Å²) in [5.74, 6) is 0. The first-order valence-electron chi connectivity index (χ1n) is 15.0. The Morgan fingerprint density at radius 2 is 1.20 bits per heavy atom. The summed E-state index contributed by atoms with van der Waals surface area (Å²) in [7, 11) is 0. The number of hydrogen-bond acceptors (Lipinski definition) is 4. The minimum atomic E-state index is 0.678. The first-order chi connectivity index (χ1) is 22.3. The SMILES string of the molecule is c1ccc(-n2c3ccccc3c3cc(-c4ccc5oc6cccc(-c7ncnc8c7oc7ccccc78)c6c5c4)ccc32)cc1. The van der Waals surface area contributed by atoms with Crippen LogP contribution >= 0.6 is 0 Å². The lowest BCUT2D eigenvalue weighted by Gasteiger charge is -2.08. The number of benzene rings is 6. The van der Waals surface area contributed by atoms with Gasteiger partial charge in [-0.1, -0.05) is 72.8 Å². The molecule has 45 heavy (non-hydrogen) atoms. The van der Waals surface area contributed by atoms with Gasteiger partial charge in [0.1, 0.15) is 34.3 Å². The van der Waals surface area contributed by atoms with E-state index in [1.807, 2.05) is 36.4 Å². The fourth-order valence-electron chi connectivity index (χ4n) is 6.93. The summed E-state index contributed by atoms with van der Waals surface area (Å²) in [6.07, 6.45) is 1.62. The van der Waals surface area contributed by atoms with Gasteiger partial charge < -0.3 is 13.4 Å². The van der Waals surface area contributed by atoms with Gasteiger partial charge in [0.15, 0.2) is 5.58 Å². The number of hydrogen-bond donors (Lipinski definition) is 0. The van der Waals surface area contributed by atoms with Crippen molar-refractivity contribution in [3.8, 4) is 28.1 Å². The highest BCUT2D eigenvalue weighted by Gasteiger charge is 2.20. The van der Waals surface area contributed by atoms with E-state index in [4.69, 9.17) is 13.8 Å². The Morgan fingerprint density at radius 1 is 0.489 bits per heavy atom. The van der Waals surface area contributed by atoms with Crippen LogP contribution in [-0.4, -0.2) is 14.5 Å². The molecule has 4 heterocycles. The van der Waals surface area contributed by atoms with Crippen molar-refractivity contribution < 1.29 is 8.83 Å². The molecule has 0 bridgehead atoms. The lowest BCUT2D eigenvalue weighted by Crippen LogP contribution is -1.92. The smallest absolute Gasteiger partial charge is 0.180 e. The highest BCUT2D eigenvalue weighted by molar-refractivity contribution is 6.16. The molecule has 0 fully saturated rings. The highest BCUT2D eigenvalue weighted by atomic mass is 16.3. The third-order valence-electron chi connectivity index (χ3n) is 8.93. The molecule has 4 aromatic heterocycles. The van der Waals surface area contributed by atoms with E-state index in [1.54, 1.807) is 6.33 Å². The Morgan fingerprint density at radius 3 is 2.11 bits per heavy atom. The zero-order chi connectivity index (χ0) is 29.5. The van der Waals surface area contributed by atoms with Crippen molar-refractivity contribution in [2.24, 2.45) is 0 Å². The molecule has 10 rings (SSSR count). The minimum absolute atomic E-state index is 0.678. The number of rotatable bonds is 3. The highest BCUT2D eigenvalue weighted by Crippen LogP contribution is 2.42. The van der Waals surface area contributed by atoms with Crippen LogP contribution in [0.2, 0.25) is 0 Å². The molecule has 210 valence electrons. The Labute approximate surface area is 256 Å². The normalized spacial score (nSPS) is 12.0. The second-order valence-electron chi connectivity index (χ2n) is 11.4. The fourth-order valence-corrected chi connectivity index (χ4v) is 6.93. The van der Waals surface area contributed by atoms with Crippen LogP contribution in [0.4, 0.5) is 0 Å². The largest absolute Gasteiger partial charge is 0.456 e. The van der Waals surface area contributed by atoms with Crippen molar-refractivity contribution in [2.45, 2.75) is 0 Å². The molecule has 0 spiro atoms. The van der Waals surface area contributed by atoms with Crippen LogP contribution in [0, 0.1) is 0 Å². The number of fused-ring (bicyclic) bond motifs is 9. The molecule has 5 nitrogen and oxygen atoms in total. The van der Waals surface area contributed by atoms with E-state index in [0.717, 1.165) is 66.5 Å². The van der Waals surface area contributed by atoms with Gasteiger partial charge in [-0.05, 0) is 71.8 Å². The van der Waals surface area contributed by atoms with Gasteiger partial charge in [-0.2, -0.15) is 0 Å². The molecule has 0 N–H and O–H groups in total. The minimum Gasteiger partial charge on any atom is -0.456 e. The Kier molecular flexibility index (Phi) is 4.93. The van der Waals surface area contributed by atoms with E-state index < -0.39 is 0 Å². The fraction of sp³-hybridized carbons (Fsp3) is 0. The Hall–Kier alpha value is -6.20. The molecule has 10 aromatic rings. The summed E-state index contributed by atoms with van der Waals surface area (Å²) in [5.41, 5.74) is 11.4. The molecule has 0 aliphatic carbocycles. The van der Waals surface area contributed by atoms with E-state index in [-0.39, 0.29) is 0 Å². The van der Waals surface area contributed by atoms with E-state index >= 15 is 0 Å². The van der Waals surface area contributed by atoms with Crippen LogP contribution in [0.5, 0.6) is 0 Å². The van der Waals surface area contributed by atoms with Gasteiger partial charge in [-0.15, -0.1) is 0 Å². The first kappa shape index (κ1) is 24.3. The van der Waals surface area contributed by atoms with E-state index in [0.29, 0.717) is 5.58 Å². The standard InChI is InChI=1S/C40H23N3O2/c1-2-9-26(10-3-1)43-32-14-6-4-11-27(32)30-21-24(17-19-33(30)43)25-18-20-35-31(22-25)37-29(13-8-16-36(37)44-35)39-40-38(41-23-42-39)28-12-5-7-15-34(28)45-40/h1-23H. The molecule has 0 aliphatic heterocycles. The van der Waals surface area contributed by atoms with Gasteiger partial charge in [0.2, 0.25) is 0 Å². The number of furan rings is 2. The number of aromatic nitrogens is 3. The van der Waals surface area contributed by atoms with Crippen LogP contribution < -0.4 is 0 Å². The van der Waals surface area contributed by atoms with Crippen LogP contribution in [0.3, 0.4) is 0 Å². The van der Waals surface area contributed by atoms with Crippen LogP contribution in [0.1, 0.15) is 0 Å². The summed E-state index contributed by atoms with van der Waals surface area (Å²) >= 11 is 0. The second-order valence-corrected chi connectivity index (χ2v) is 11.4. The maximum absolute atomic E-state index is 6.38. The van der Waals surface area contributed by atoms with E-state index in [1.165, 1.54) is 21.8 Å². The van der Waals surface area contributed by atoms with Crippen LogP contribution in [0.15, 0.2) is 149 Å². The summed E-state index contributed by atoms with van der Waals surface area (Å²) in [4.78, 5) is 9.31. The molecule has 0 aliphatic rings. The van der Waals surface area contributed by atoms with Crippen molar-refractivity contribution >= 4 is 65.8 Å². The second kappa shape index (κ2) is 9.15. The molecule has 5 heteroatoms. The average molecular weight is 578 g/mol. The number of nitrogens with zero attached hydrogens (tertiary/aromatic N) is 3. The average Bonchev–Trinajstić information content (AvgIpc) is 3.77. The molecule has 0 atom stereocenters. The molecular formula is C40H23N3O2. The van der Waals surface area contributed by atoms with Crippen molar-refractivity contribution in [2.75, 3.05) is 0 Å². The molecule has 0 unspecified atom stereocenters. The van der Waals surface area contributed by atoms with E-state index in [9.17, 15) is 0 Å².